The summed E-state index contributed by atoms with van der Waals surface area (Å²) >= 11 is 0. The molecule has 5 heteroatoms. The number of methoxy groups -OCH3 is 1. The highest BCUT2D eigenvalue weighted by atomic mass is 16.5. The van der Waals surface area contributed by atoms with Gasteiger partial charge in [0.2, 0.25) is 0 Å². The van der Waals surface area contributed by atoms with Crippen LogP contribution in [0, 0.1) is 0 Å². The van der Waals surface area contributed by atoms with Crippen molar-refractivity contribution >= 4 is 5.91 Å². The van der Waals surface area contributed by atoms with Crippen molar-refractivity contribution in [2.45, 2.75) is 6.92 Å². The molecule has 0 aliphatic carbocycles. The van der Waals surface area contributed by atoms with Gasteiger partial charge in [0.15, 0.2) is 11.5 Å². The topological polar surface area (TPSA) is 50.8 Å². The minimum Gasteiger partial charge on any atom is -0.493 e. The minimum absolute atomic E-state index is 0.00356. The van der Waals surface area contributed by atoms with Gasteiger partial charge in [-0.25, -0.2) is 0 Å². The maximum atomic E-state index is 12.5. The van der Waals surface area contributed by atoms with Crippen LogP contribution in [-0.2, 0) is 0 Å². The first kappa shape index (κ1) is 13.7. The Labute approximate surface area is 113 Å². The zero-order valence-corrected chi connectivity index (χ0v) is 11.4. The van der Waals surface area contributed by atoms with E-state index in [9.17, 15) is 4.79 Å². The van der Waals surface area contributed by atoms with Crippen LogP contribution in [-0.4, -0.2) is 50.7 Å². The number of hydrogen-bond donors (Lipinski definition) is 1. The standard InChI is InChI=1S/C14H20N2O3/c1-3-19-13-11(5-4-6-12(13)18-2)14(17)16-9-7-15-8-10-16/h4-6,15H,3,7-10H2,1-2H3. The monoisotopic (exact) mass is 264 g/mol. The lowest BCUT2D eigenvalue weighted by molar-refractivity contribution is 0.0731. The smallest absolute Gasteiger partial charge is 0.257 e. The van der Waals surface area contributed by atoms with Crippen LogP contribution in [0.3, 0.4) is 0 Å². The molecule has 0 unspecified atom stereocenters. The van der Waals surface area contributed by atoms with Gasteiger partial charge in [-0.15, -0.1) is 0 Å². The first-order chi connectivity index (χ1) is 9.27. The molecule has 104 valence electrons. The number of hydrogen-bond acceptors (Lipinski definition) is 4. The molecule has 1 aliphatic rings. The van der Waals surface area contributed by atoms with E-state index < -0.39 is 0 Å². The Kier molecular flexibility index (Phi) is 4.63. The van der Waals surface area contributed by atoms with Gasteiger partial charge >= 0.3 is 0 Å². The molecule has 5 nitrogen and oxygen atoms in total. The summed E-state index contributed by atoms with van der Waals surface area (Å²) in [5.41, 5.74) is 0.572. The maximum Gasteiger partial charge on any atom is 0.257 e. The molecular formula is C14H20N2O3. The summed E-state index contributed by atoms with van der Waals surface area (Å²) < 4.78 is 10.9. The predicted molar refractivity (Wildman–Crippen MR) is 72.9 cm³/mol. The van der Waals surface area contributed by atoms with Crippen LogP contribution in [0.1, 0.15) is 17.3 Å². The fourth-order valence-corrected chi connectivity index (χ4v) is 2.18. The number of ether oxygens (including phenoxy) is 2. The van der Waals surface area contributed by atoms with E-state index in [4.69, 9.17) is 9.47 Å². The molecule has 0 saturated carbocycles. The summed E-state index contributed by atoms with van der Waals surface area (Å²) in [6.07, 6.45) is 0. The average molecular weight is 264 g/mol. The van der Waals surface area contributed by atoms with Crippen molar-refractivity contribution in [3.05, 3.63) is 23.8 Å². The van der Waals surface area contributed by atoms with Gasteiger partial charge in [0, 0.05) is 26.2 Å². The van der Waals surface area contributed by atoms with Crippen molar-refractivity contribution in [3.8, 4) is 11.5 Å². The lowest BCUT2D eigenvalue weighted by Crippen LogP contribution is -2.46. The number of para-hydroxylation sites is 1. The van der Waals surface area contributed by atoms with E-state index >= 15 is 0 Å². The van der Waals surface area contributed by atoms with Gasteiger partial charge in [-0.05, 0) is 19.1 Å². The van der Waals surface area contributed by atoms with E-state index in [1.807, 2.05) is 17.9 Å². The summed E-state index contributed by atoms with van der Waals surface area (Å²) in [6.45, 7) is 5.51. The van der Waals surface area contributed by atoms with Gasteiger partial charge in [-0.1, -0.05) is 6.07 Å². The molecule has 1 aliphatic heterocycles. The second kappa shape index (κ2) is 6.43. The molecule has 1 fully saturated rings. The molecule has 1 amide bonds. The molecule has 0 bridgehead atoms. The fraction of sp³-hybridized carbons (Fsp3) is 0.500. The summed E-state index contributed by atoms with van der Waals surface area (Å²) in [7, 11) is 1.58. The molecule has 1 N–H and O–H groups in total. The van der Waals surface area contributed by atoms with Crippen LogP contribution in [0.4, 0.5) is 0 Å². The Morgan fingerprint density at radius 1 is 1.37 bits per heavy atom. The second-order valence-corrected chi connectivity index (χ2v) is 4.31. The van der Waals surface area contributed by atoms with Gasteiger partial charge in [-0.2, -0.15) is 0 Å². The number of carbonyl (C=O) groups excluding carboxylic acids is 1. The number of benzene rings is 1. The third-order valence-corrected chi connectivity index (χ3v) is 3.12. The largest absolute Gasteiger partial charge is 0.493 e. The molecule has 0 atom stereocenters. The molecule has 1 saturated heterocycles. The van der Waals surface area contributed by atoms with E-state index in [2.05, 4.69) is 5.32 Å². The maximum absolute atomic E-state index is 12.5. The molecule has 2 rings (SSSR count). The summed E-state index contributed by atoms with van der Waals surface area (Å²) in [4.78, 5) is 14.4. The zero-order chi connectivity index (χ0) is 13.7. The first-order valence-electron chi connectivity index (χ1n) is 6.57. The third-order valence-electron chi connectivity index (χ3n) is 3.12. The van der Waals surface area contributed by atoms with Gasteiger partial charge in [-0.3, -0.25) is 4.79 Å². The van der Waals surface area contributed by atoms with Crippen molar-refractivity contribution in [2.75, 3.05) is 39.9 Å². The Morgan fingerprint density at radius 3 is 2.74 bits per heavy atom. The summed E-state index contributed by atoms with van der Waals surface area (Å²) in [5.74, 6) is 1.14. The number of nitrogens with zero attached hydrogens (tertiary/aromatic N) is 1. The van der Waals surface area contributed by atoms with Crippen LogP contribution >= 0.6 is 0 Å². The summed E-state index contributed by atoms with van der Waals surface area (Å²) in [6, 6.07) is 5.41. The van der Waals surface area contributed by atoms with Crippen LogP contribution in [0.2, 0.25) is 0 Å². The Balaban J connectivity index is 2.29. The molecule has 1 aromatic rings. The van der Waals surface area contributed by atoms with Crippen LogP contribution in [0.15, 0.2) is 18.2 Å². The molecule has 19 heavy (non-hydrogen) atoms. The lowest BCUT2D eigenvalue weighted by Gasteiger charge is -2.28. The second-order valence-electron chi connectivity index (χ2n) is 4.31. The molecule has 1 heterocycles. The number of nitrogens with one attached hydrogen (secondary N) is 1. The van der Waals surface area contributed by atoms with Crippen molar-refractivity contribution in [3.63, 3.8) is 0 Å². The number of rotatable bonds is 4. The van der Waals surface area contributed by atoms with E-state index in [0.29, 0.717) is 23.7 Å². The van der Waals surface area contributed by atoms with E-state index in [1.165, 1.54) is 0 Å². The van der Waals surface area contributed by atoms with Gasteiger partial charge in [0.05, 0.1) is 19.3 Å². The highest BCUT2D eigenvalue weighted by Gasteiger charge is 2.23. The van der Waals surface area contributed by atoms with E-state index in [1.54, 1.807) is 19.2 Å². The van der Waals surface area contributed by atoms with Crippen molar-refractivity contribution in [1.29, 1.82) is 0 Å². The Hall–Kier alpha value is -1.75. The molecule has 0 aromatic heterocycles. The summed E-state index contributed by atoms with van der Waals surface area (Å²) in [5, 5.41) is 3.23. The molecular weight excluding hydrogens is 244 g/mol. The van der Waals surface area contributed by atoms with Crippen LogP contribution < -0.4 is 14.8 Å². The fourth-order valence-electron chi connectivity index (χ4n) is 2.18. The number of amides is 1. The lowest BCUT2D eigenvalue weighted by atomic mass is 10.1. The number of piperazine rings is 1. The molecule has 0 spiro atoms. The predicted octanol–water partition coefficient (Wildman–Crippen LogP) is 1.14. The highest BCUT2D eigenvalue weighted by Crippen LogP contribution is 2.31. The van der Waals surface area contributed by atoms with E-state index in [0.717, 1.165) is 26.2 Å². The Morgan fingerprint density at radius 2 is 2.11 bits per heavy atom. The highest BCUT2D eigenvalue weighted by molar-refractivity contribution is 5.97. The first-order valence-corrected chi connectivity index (χ1v) is 6.57. The van der Waals surface area contributed by atoms with E-state index in [-0.39, 0.29) is 5.91 Å². The minimum atomic E-state index is 0.00356. The third kappa shape index (κ3) is 2.98. The van der Waals surface area contributed by atoms with Gasteiger partial charge in [0.25, 0.3) is 5.91 Å². The number of carbonyl (C=O) groups is 1. The molecule has 1 aromatic carbocycles. The Bertz CT molecular complexity index is 442. The quantitative estimate of drug-likeness (QED) is 0.886. The average Bonchev–Trinajstić information content (AvgIpc) is 2.48. The van der Waals surface area contributed by atoms with Crippen molar-refractivity contribution in [1.82, 2.24) is 10.2 Å². The van der Waals surface area contributed by atoms with Gasteiger partial charge in [0.1, 0.15) is 0 Å². The normalized spacial score (nSPS) is 15.2. The van der Waals surface area contributed by atoms with Crippen LogP contribution in [0.25, 0.3) is 0 Å². The van der Waals surface area contributed by atoms with Gasteiger partial charge < -0.3 is 19.7 Å². The zero-order valence-electron chi connectivity index (χ0n) is 11.4. The van der Waals surface area contributed by atoms with Crippen LogP contribution in [0.5, 0.6) is 11.5 Å². The molecule has 0 radical (unpaired) electrons. The SMILES string of the molecule is CCOc1c(OC)cccc1C(=O)N1CCNCC1. The van der Waals surface area contributed by atoms with Crippen molar-refractivity contribution in [2.24, 2.45) is 0 Å². The van der Waals surface area contributed by atoms with Crippen molar-refractivity contribution < 1.29 is 14.3 Å².